The molecule has 3 aromatic rings. The van der Waals surface area contributed by atoms with Gasteiger partial charge in [-0.3, -0.25) is 14.3 Å². The number of amides is 1. The van der Waals surface area contributed by atoms with Gasteiger partial charge in [0.25, 0.3) is 16.0 Å². The first-order chi connectivity index (χ1) is 15.8. The molecule has 0 saturated carbocycles. The van der Waals surface area contributed by atoms with Gasteiger partial charge in [-0.25, -0.2) is 0 Å². The topological polar surface area (TPSA) is 99.6 Å². The lowest BCUT2D eigenvalue weighted by molar-refractivity contribution is 0.0724. The Morgan fingerprint density at radius 2 is 1.67 bits per heavy atom. The first kappa shape index (κ1) is 24.7. The van der Waals surface area contributed by atoms with Crippen LogP contribution in [0.2, 0.25) is 5.02 Å². The van der Waals surface area contributed by atoms with Crippen molar-refractivity contribution < 1.29 is 17.8 Å². The van der Waals surface area contributed by atoms with Crippen molar-refractivity contribution in [2.45, 2.75) is 30.7 Å². The minimum absolute atomic E-state index is 0.147. The van der Waals surface area contributed by atoms with Crippen LogP contribution in [0.5, 0.6) is 0 Å². The molecule has 0 spiro atoms. The summed E-state index contributed by atoms with van der Waals surface area (Å²) in [5, 5.41) is 4.10. The molecule has 0 aliphatic carbocycles. The monoisotopic (exact) mass is 487 g/mol. The number of hydrogen-bond acceptors (Lipinski definition) is 5. The number of hydrogen-bond donors (Lipinski definition) is 2. The van der Waals surface area contributed by atoms with Gasteiger partial charge < -0.3 is 10.2 Å². The van der Waals surface area contributed by atoms with Gasteiger partial charge in [-0.05, 0) is 73.4 Å². The summed E-state index contributed by atoms with van der Waals surface area (Å²) in [5.74, 6) is 0.147. The van der Waals surface area contributed by atoms with E-state index in [1.165, 1.54) is 30.3 Å². The molecule has 1 saturated heterocycles. The van der Waals surface area contributed by atoms with Crippen molar-refractivity contribution in [2.75, 3.05) is 18.4 Å². The maximum absolute atomic E-state index is 12.4. The van der Waals surface area contributed by atoms with Gasteiger partial charge in [-0.2, -0.15) is 8.42 Å². The number of nitrogens with zero attached hydrogens (tertiary/aromatic N) is 2. The van der Waals surface area contributed by atoms with Crippen LogP contribution in [0, 0.1) is 0 Å². The van der Waals surface area contributed by atoms with Crippen molar-refractivity contribution in [1.29, 1.82) is 0 Å². The molecule has 1 fully saturated rings. The standard InChI is InChI=1S/C19H21ClN2O.C5H5NO3S/c20-17-8-4-15(5-9-17)14-21-18-10-6-16(7-11-18)19(23)22-12-2-1-3-13-22;7-10(8,9)5-2-1-3-6-4-5/h4-11,21H,1-3,12-14H2;1-4H,(H,7,8,9). The van der Waals surface area contributed by atoms with Gasteiger partial charge in [0.15, 0.2) is 0 Å². The largest absolute Gasteiger partial charge is 0.381 e. The maximum atomic E-state index is 12.4. The van der Waals surface area contributed by atoms with E-state index in [9.17, 15) is 13.2 Å². The second kappa shape index (κ2) is 11.8. The van der Waals surface area contributed by atoms with E-state index in [-0.39, 0.29) is 10.8 Å². The number of halogens is 1. The first-order valence-electron chi connectivity index (χ1n) is 10.6. The van der Waals surface area contributed by atoms with E-state index in [0.717, 1.165) is 54.9 Å². The predicted molar refractivity (Wildman–Crippen MR) is 129 cm³/mol. The third kappa shape index (κ3) is 7.85. The molecular weight excluding hydrogens is 462 g/mol. The SMILES string of the molecule is O=C(c1ccc(NCc2ccc(Cl)cc2)cc1)N1CCCCC1.O=S(=O)(O)c1cccnc1. The Morgan fingerprint density at radius 1 is 1.00 bits per heavy atom. The highest BCUT2D eigenvalue weighted by Gasteiger charge is 2.17. The lowest BCUT2D eigenvalue weighted by atomic mass is 10.1. The van der Waals surface area contributed by atoms with Crippen LogP contribution in [0.25, 0.3) is 0 Å². The number of carbonyl (C=O) groups is 1. The Balaban J connectivity index is 0.000000257. The molecule has 0 bridgehead atoms. The molecule has 0 unspecified atom stereocenters. The van der Waals surface area contributed by atoms with Crippen molar-refractivity contribution in [1.82, 2.24) is 9.88 Å². The minimum atomic E-state index is -4.07. The highest BCUT2D eigenvalue weighted by molar-refractivity contribution is 7.85. The normalized spacial score (nSPS) is 13.6. The van der Waals surface area contributed by atoms with Crippen LogP contribution in [-0.2, 0) is 16.7 Å². The molecule has 2 heterocycles. The fourth-order valence-electron chi connectivity index (χ4n) is 3.32. The quantitative estimate of drug-likeness (QED) is 0.496. The van der Waals surface area contributed by atoms with Crippen molar-refractivity contribution in [3.63, 3.8) is 0 Å². The lowest BCUT2D eigenvalue weighted by Crippen LogP contribution is -2.35. The van der Waals surface area contributed by atoms with E-state index >= 15 is 0 Å². The van der Waals surface area contributed by atoms with Crippen LogP contribution in [-0.4, -0.2) is 41.9 Å². The Labute approximate surface area is 199 Å². The molecule has 9 heteroatoms. The van der Waals surface area contributed by atoms with Gasteiger partial charge in [0.1, 0.15) is 4.90 Å². The average Bonchev–Trinajstić information content (AvgIpc) is 2.85. The highest BCUT2D eigenvalue weighted by Crippen LogP contribution is 2.17. The third-order valence-electron chi connectivity index (χ3n) is 5.12. The molecular formula is C24H26ClN3O4S. The van der Waals surface area contributed by atoms with E-state index in [4.69, 9.17) is 16.2 Å². The van der Waals surface area contributed by atoms with Gasteiger partial charge >= 0.3 is 0 Å². The Bertz CT molecular complexity index is 1130. The summed E-state index contributed by atoms with van der Waals surface area (Å²) in [6.07, 6.45) is 5.97. The number of piperidine rings is 1. The van der Waals surface area contributed by atoms with Crippen molar-refractivity contribution in [3.8, 4) is 0 Å². The van der Waals surface area contributed by atoms with Gasteiger partial charge in [0, 0.05) is 48.3 Å². The molecule has 0 radical (unpaired) electrons. The molecule has 1 amide bonds. The molecule has 1 aromatic heterocycles. The molecule has 4 rings (SSSR count). The summed E-state index contributed by atoms with van der Waals surface area (Å²) >= 11 is 5.88. The molecule has 1 aliphatic heterocycles. The number of rotatable bonds is 5. The molecule has 174 valence electrons. The van der Waals surface area contributed by atoms with Crippen molar-refractivity contribution in [3.05, 3.63) is 89.2 Å². The molecule has 1 aliphatic rings. The summed E-state index contributed by atoms with van der Waals surface area (Å²) in [6, 6.07) is 18.2. The molecule has 33 heavy (non-hydrogen) atoms. The van der Waals surface area contributed by atoms with Crippen molar-refractivity contribution >= 4 is 33.3 Å². The van der Waals surface area contributed by atoms with Gasteiger partial charge in [0.2, 0.25) is 0 Å². The van der Waals surface area contributed by atoms with Gasteiger partial charge in [-0.15, -0.1) is 0 Å². The Morgan fingerprint density at radius 3 is 2.21 bits per heavy atom. The van der Waals surface area contributed by atoms with E-state index in [2.05, 4.69) is 10.3 Å². The highest BCUT2D eigenvalue weighted by atomic mass is 35.5. The summed E-state index contributed by atoms with van der Waals surface area (Å²) in [5.41, 5.74) is 2.95. The molecule has 7 nitrogen and oxygen atoms in total. The second-order valence-electron chi connectivity index (χ2n) is 7.57. The number of nitrogens with one attached hydrogen (secondary N) is 1. The lowest BCUT2D eigenvalue weighted by Gasteiger charge is -2.26. The van der Waals surface area contributed by atoms with E-state index in [1.54, 1.807) is 0 Å². The van der Waals surface area contributed by atoms with Gasteiger partial charge in [0.05, 0.1) is 0 Å². The van der Waals surface area contributed by atoms with Crippen LogP contribution in [0.1, 0.15) is 35.2 Å². The van der Waals surface area contributed by atoms with Crippen LogP contribution in [0.4, 0.5) is 5.69 Å². The Kier molecular flexibility index (Phi) is 8.82. The van der Waals surface area contributed by atoms with E-state index in [0.29, 0.717) is 0 Å². The smallest absolute Gasteiger partial charge is 0.296 e. The minimum Gasteiger partial charge on any atom is -0.381 e. The van der Waals surface area contributed by atoms with Crippen LogP contribution >= 0.6 is 11.6 Å². The number of likely N-dealkylation sites (tertiary alicyclic amines) is 1. The molecule has 2 N–H and O–H groups in total. The van der Waals surface area contributed by atoms with Crippen LogP contribution < -0.4 is 5.32 Å². The van der Waals surface area contributed by atoms with Crippen molar-refractivity contribution in [2.24, 2.45) is 0 Å². The summed E-state index contributed by atoms with van der Waals surface area (Å²) < 4.78 is 29.1. The first-order valence-corrected chi connectivity index (χ1v) is 12.4. The van der Waals surface area contributed by atoms with Crippen LogP contribution in [0.3, 0.4) is 0 Å². The number of carbonyl (C=O) groups excluding carboxylic acids is 1. The zero-order valence-electron chi connectivity index (χ0n) is 18.0. The number of anilines is 1. The summed E-state index contributed by atoms with van der Waals surface area (Å²) in [4.78, 5) is 17.7. The fourth-order valence-corrected chi connectivity index (χ4v) is 3.89. The van der Waals surface area contributed by atoms with Gasteiger partial charge in [-0.1, -0.05) is 23.7 Å². The molecule has 2 aromatic carbocycles. The zero-order valence-corrected chi connectivity index (χ0v) is 19.6. The summed E-state index contributed by atoms with van der Waals surface area (Å²) in [6.45, 7) is 2.50. The van der Waals surface area contributed by atoms with E-state index < -0.39 is 10.1 Å². The fraction of sp³-hybridized carbons (Fsp3) is 0.250. The number of pyridine rings is 1. The van der Waals surface area contributed by atoms with Crippen LogP contribution in [0.15, 0.2) is 78.0 Å². The predicted octanol–water partition coefficient (Wildman–Crippen LogP) is 4.91. The zero-order chi connectivity index (χ0) is 23.7. The number of benzene rings is 2. The molecule has 0 atom stereocenters. The second-order valence-corrected chi connectivity index (χ2v) is 9.43. The Hall–Kier alpha value is -2.94. The van der Waals surface area contributed by atoms with E-state index in [1.807, 2.05) is 53.4 Å². The number of aromatic nitrogens is 1. The maximum Gasteiger partial charge on any atom is 0.296 e. The third-order valence-corrected chi connectivity index (χ3v) is 6.21. The summed E-state index contributed by atoms with van der Waals surface area (Å²) in [7, 11) is -4.07. The average molecular weight is 488 g/mol.